The van der Waals surface area contributed by atoms with Crippen molar-refractivity contribution in [3.8, 4) is 0 Å². The van der Waals surface area contributed by atoms with E-state index < -0.39 is 28.7 Å². The molecule has 3 N–H and O–H groups in total. The third-order valence-corrected chi connectivity index (χ3v) is 10.9. The zero-order valence-corrected chi connectivity index (χ0v) is 23.5. The number of nitrogens with one attached hydrogen (secondary N) is 2. The smallest absolute Gasteiger partial charge is 0.244 e. The van der Waals surface area contributed by atoms with Crippen LogP contribution in [0.5, 0.6) is 0 Å². The van der Waals surface area contributed by atoms with E-state index in [9.17, 15) is 19.5 Å². The number of nitrogens with zero attached hydrogens (tertiary/aromatic N) is 1. The van der Waals surface area contributed by atoms with Gasteiger partial charge in [-0.25, -0.2) is 0 Å². The molecule has 8 heteroatoms. The molecule has 208 valence electrons. The van der Waals surface area contributed by atoms with Crippen molar-refractivity contribution in [3.63, 3.8) is 0 Å². The number of rotatable bonds is 11. The first-order valence-electron chi connectivity index (χ1n) is 14.2. The number of aliphatic hydroxyl groups is 1. The van der Waals surface area contributed by atoms with Crippen molar-refractivity contribution >= 4 is 29.5 Å². The lowest BCUT2D eigenvalue weighted by Gasteiger charge is -2.40. The maximum absolute atomic E-state index is 14.4. The maximum Gasteiger partial charge on any atom is 0.244 e. The summed E-state index contributed by atoms with van der Waals surface area (Å²) in [7, 11) is 0. The summed E-state index contributed by atoms with van der Waals surface area (Å²) in [6.07, 6.45) is 3.03. The SMILES string of the molecule is CCCCNC(=O)C1N([C@@H](CO)Cc2ccccc2)C(=O)[C@@H]2[C@H](C(=O)NCc3ccccc3)[C@@H]3CC(C)C12S3. The van der Waals surface area contributed by atoms with Crippen molar-refractivity contribution in [1.29, 1.82) is 0 Å². The molecule has 2 aromatic rings. The Morgan fingerprint density at radius 2 is 1.72 bits per heavy atom. The highest BCUT2D eigenvalue weighted by Crippen LogP contribution is 2.68. The molecular weight excluding hydrogens is 510 g/mol. The molecule has 3 aliphatic rings. The Bertz CT molecular complexity index is 1180. The van der Waals surface area contributed by atoms with E-state index in [1.54, 1.807) is 16.7 Å². The summed E-state index contributed by atoms with van der Waals surface area (Å²) in [5.74, 6) is -1.49. The lowest BCUT2D eigenvalue weighted by atomic mass is 9.66. The Hall–Kier alpha value is -2.84. The maximum atomic E-state index is 14.4. The second-order valence-corrected chi connectivity index (χ2v) is 12.7. The number of fused-ring (bicyclic) bond motifs is 1. The molecule has 7 nitrogen and oxygen atoms in total. The summed E-state index contributed by atoms with van der Waals surface area (Å²) in [4.78, 5) is 43.6. The van der Waals surface area contributed by atoms with Crippen molar-refractivity contribution in [2.75, 3.05) is 13.2 Å². The van der Waals surface area contributed by atoms with Gasteiger partial charge in [0.05, 0.1) is 29.2 Å². The summed E-state index contributed by atoms with van der Waals surface area (Å²) >= 11 is 1.67. The summed E-state index contributed by atoms with van der Waals surface area (Å²) in [5.41, 5.74) is 1.99. The number of hydrogen-bond donors (Lipinski definition) is 3. The van der Waals surface area contributed by atoms with Crippen LogP contribution in [-0.4, -0.2) is 63.0 Å². The van der Waals surface area contributed by atoms with Gasteiger partial charge in [-0.1, -0.05) is 80.9 Å². The number of carbonyl (C=O) groups excluding carboxylic acids is 3. The fraction of sp³-hybridized carbons (Fsp3) is 0.516. The van der Waals surface area contributed by atoms with Crippen LogP contribution in [0.3, 0.4) is 0 Å². The van der Waals surface area contributed by atoms with Gasteiger partial charge in [0.1, 0.15) is 6.04 Å². The molecule has 7 atom stereocenters. The molecule has 0 radical (unpaired) electrons. The standard InChI is InChI=1S/C31H39N3O4S/c1-3-4-15-32-29(37)27-31-20(2)16-24(39-31)25(28(36)33-18-22-13-9-6-10-14-22)26(31)30(38)34(27)23(19-35)17-21-11-7-5-8-12-21/h5-14,20,23-27,35H,3-4,15-19H2,1-2H3,(H,32,37)(H,33,36)/t20?,23-,24+,25-,26+,27?,31?/m1/s1. The number of thioether (sulfide) groups is 1. The van der Waals surface area contributed by atoms with Crippen LogP contribution < -0.4 is 10.6 Å². The van der Waals surface area contributed by atoms with Gasteiger partial charge in [-0.3, -0.25) is 14.4 Å². The predicted molar refractivity (Wildman–Crippen MR) is 153 cm³/mol. The number of unbranched alkanes of at least 4 members (excludes halogenated alkanes) is 1. The lowest BCUT2D eigenvalue weighted by Crippen LogP contribution is -2.59. The second-order valence-electron chi connectivity index (χ2n) is 11.2. The van der Waals surface area contributed by atoms with Gasteiger partial charge in [0.25, 0.3) is 0 Å². The van der Waals surface area contributed by atoms with Gasteiger partial charge in [-0.2, -0.15) is 0 Å². The van der Waals surface area contributed by atoms with Crippen LogP contribution in [0.2, 0.25) is 0 Å². The van der Waals surface area contributed by atoms with Crippen molar-refractivity contribution in [1.82, 2.24) is 15.5 Å². The second kappa shape index (κ2) is 11.7. The van der Waals surface area contributed by atoms with E-state index in [0.717, 1.165) is 30.4 Å². The molecule has 3 heterocycles. The van der Waals surface area contributed by atoms with Gasteiger partial charge in [0, 0.05) is 18.3 Å². The Morgan fingerprint density at radius 1 is 1.05 bits per heavy atom. The molecule has 3 saturated heterocycles. The Morgan fingerprint density at radius 3 is 2.36 bits per heavy atom. The Kier molecular flexibility index (Phi) is 8.33. The largest absolute Gasteiger partial charge is 0.394 e. The Labute approximate surface area is 235 Å². The molecule has 5 rings (SSSR count). The first kappa shape index (κ1) is 27.7. The van der Waals surface area contributed by atoms with Crippen molar-refractivity contribution in [3.05, 3.63) is 71.8 Å². The van der Waals surface area contributed by atoms with Gasteiger partial charge < -0.3 is 20.6 Å². The molecule has 0 aliphatic carbocycles. The first-order chi connectivity index (χ1) is 18.9. The van der Waals surface area contributed by atoms with E-state index in [4.69, 9.17) is 0 Å². The number of benzene rings is 2. The molecule has 3 amide bonds. The van der Waals surface area contributed by atoms with Crippen molar-refractivity contribution in [2.24, 2.45) is 17.8 Å². The number of carbonyl (C=O) groups is 3. The predicted octanol–water partition coefficient (Wildman–Crippen LogP) is 3.16. The minimum atomic E-state index is -0.732. The zero-order valence-electron chi connectivity index (χ0n) is 22.7. The number of likely N-dealkylation sites (tertiary alicyclic amines) is 1. The van der Waals surface area contributed by atoms with Gasteiger partial charge in [-0.05, 0) is 36.3 Å². The van der Waals surface area contributed by atoms with Crippen LogP contribution in [0, 0.1) is 17.8 Å². The average Bonchev–Trinajstić information content (AvgIpc) is 3.55. The normalized spacial score (nSPS) is 29.8. The van der Waals surface area contributed by atoms with E-state index in [0.29, 0.717) is 19.5 Å². The van der Waals surface area contributed by atoms with E-state index in [2.05, 4.69) is 24.5 Å². The van der Waals surface area contributed by atoms with Crippen LogP contribution in [0.4, 0.5) is 0 Å². The van der Waals surface area contributed by atoms with Gasteiger partial charge >= 0.3 is 0 Å². The highest BCUT2D eigenvalue weighted by molar-refractivity contribution is 8.02. The molecular formula is C31H39N3O4S. The van der Waals surface area contributed by atoms with Crippen molar-refractivity contribution < 1.29 is 19.5 Å². The van der Waals surface area contributed by atoms with E-state index in [1.165, 1.54) is 0 Å². The van der Waals surface area contributed by atoms with Gasteiger partial charge in [-0.15, -0.1) is 11.8 Å². The minimum absolute atomic E-state index is 0.0143. The monoisotopic (exact) mass is 549 g/mol. The van der Waals surface area contributed by atoms with E-state index in [-0.39, 0.29) is 35.5 Å². The van der Waals surface area contributed by atoms with Crippen LogP contribution >= 0.6 is 11.8 Å². The summed E-state index contributed by atoms with van der Waals surface area (Å²) < 4.78 is -0.698. The average molecular weight is 550 g/mol. The summed E-state index contributed by atoms with van der Waals surface area (Å²) in [5, 5.41) is 16.7. The molecule has 1 spiro atoms. The molecule has 2 bridgehead atoms. The third-order valence-electron chi connectivity index (χ3n) is 8.79. The number of hydrogen-bond acceptors (Lipinski definition) is 5. The highest BCUT2D eigenvalue weighted by atomic mass is 32.2. The van der Waals surface area contributed by atoms with Crippen LogP contribution in [-0.2, 0) is 27.3 Å². The summed E-state index contributed by atoms with van der Waals surface area (Å²) in [6, 6.07) is 18.2. The molecule has 0 aromatic heterocycles. The van der Waals surface area contributed by atoms with Crippen molar-refractivity contribution in [2.45, 2.75) is 68.2 Å². The number of aliphatic hydroxyl groups excluding tert-OH is 1. The lowest BCUT2D eigenvalue weighted by molar-refractivity contribution is -0.142. The molecule has 39 heavy (non-hydrogen) atoms. The zero-order chi connectivity index (χ0) is 27.6. The fourth-order valence-corrected chi connectivity index (χ4v) is 9.39. The van der Waals surface area contributed by atoms with Gasteiger partial charge in [0.2, 0.25) is 17.7 Å². The molecule has 3 unspecified atom stereocenters. The third kappa shape index (κ3) is 4.97. The Balaban J connectivity index is 1.48. The van der Waals surface area contributed by atoms with Crippen LogP contribution in [0.1, 0.15) is 44.2 Å². The summed E-state index contributed by atoms with van der Waals surface area (Å²) in [6.45, 7) is 4.88. The van der Waals surface area contributed by atoms with Crippen LogP contribution in [0.25, 0.3) is 0 Å². The molecule has 3 aliphatic heterocycles. The molecule has 0 saturated carbocycles. The van der Waals surface area contributed by atoms with Gasteiger partial charge in [0.15, 0.2) is 0 Å². The van der Waals surface area contributed by atoms with E-state index in [1.807, 2.05) is 60.7 Å². The fourth-order valence-electron chi connectivity index (χ4n) is 6.98. The molecule has 2 aromatic carbocycles. The van der Waals surface area contributed by atoms with Crippen LogP contribution in [0.15, 0.2) is 60.7 Å². The molecule has 3 fully saturated rings. The van der Waals surface area contributed by atoms with E-state index >= 15 is 0 Å². The minimum Gasteiger partial charge on any atom is -0.394 e. The topological polar surface area (TPSA) is 98.7 Å². The number of amides is 3. The highest BCUT2D eigenvalue weighted by Gasteiger charge is 2.76. The first-order valence-corrected chi connectivity index (χ1v) is 15.0. The quantitative estimate of drug-likeness (QED) is 0.374.